The molecule has 11 heavy (non-hydrogen) atoms. The minimum absolute atomic E-state index is 0.163. The maximum atomic E-state index is 5.71. The fourth-order valence-electron chi connectivity index (χ4n) is 0.817. The van der Waals surface area contributed by atoms with Gasteiger partial charge in [0.05, 0.1) is 6.04 Å². The van der Waals surface area contributed by atoms with Gasteiger partial charge in [-0.3, -0.25) is 0 Å². The Bertz CT molecular complexity index is 196. The summed E-state index contributed by atoms with van der Waals surface area (Å²) in [6.07, 6.45) is 1.28. The zero-order chi connectivity index (χ0) is 8.27. The first-order chi connectivity index (χ1) is 5.20. The van der Waals surface area contributed by atoms with Crippen LogP contribution in [0.2, 0.25) is 0 Å². The lowest BCUT2D eigenvalue weighted by Crippen LogP contribution is -2.26. The molecule has 5 nitrogen and oxygen atoms in total. The quantitative estimate of drug-likeness (QED) is 0.646. The summed E-state index contributed by atoms with van der Waals surface area (Å²) in [4.78, 5) is 5.81. The molecule has 0 saturated heterocycles. The van der Waals surface area contributed by atoms with Crippen molar-refractivity contribution in [3.63, 3.8) is 0 Å². The molecule has 0 radical (unpaired) electrons. The number of nitrogens with zero attached hydrogens (tertiary/aromatic N) is 3. The number of aromatic nitrogens is 2. The zero-order valence-electron chi connectivity index (χ0n) is 6.69. The van der Waals surface area contributed by atoms with E-state index in [-0.39, 0.29) is 6.04 Å². The molecule has 1 aromatic rings. The van der Waals surface area contributed by atoms with E-state index in [9.17, 15) is 0 Å². The molecule has 0 spiro atoms. The Hall–Kier alpha value is -0.940. The van der Waals surface area contributed by atoms with Gasteiger partial charge in [-0.15, -0.1) is 0 Å². The van der Waals surface area contributed by atoms with Crippen LogP contribution in [-0.2, 0) is 0 Å². The van der Waals surface area contributed by atoms with Crippen LogP contribution in [0.5, 0.6) is 0 Å². The highest BCUT2D eigenvalue weighted by molar-refractivity contribution is 4.88. The second-order valence-corrected chi connectivity index (χ2v) is 2.66. The van der Waals surface area contributed by atoms with E-state index in [2.05, 4.69) is 14.7 Å². The molecule has 62 valence electrons. The minimum atomic E-state index is -0.163. The second-order valence-electron chi connectivity index (χ2n) is 2.66. The van der Waals surface area contributed by atoms with Gasteiger partial charge in [-0.2, -0.15) is 4.98 Å². The Balaban J connectivity index is 2.49. The predicted molar refractivity (Wildman–Crippen MR) is 39.8 cm³/mol. The van der Waals surface area contributed by atoms with Crippen LogP contribution in [0, 0.1) is 0 Å². The summed E-state index contributed by atoms with van der Waals surface area (Å²) in [7, 11) is 3.89. The average molecular weight is 156 g/mol. The van der Waals surface area contributed by atoms with Gasteiger partial charge in [0, 0.05) is 6.54 Å². The van der Waals surface area contributed by atoms with Gasteiger partial charge >= 0.3 is 0 Å². The molecular formula is C6H12N4O. The highest BCUT2D eigenvalue weighted by Gasteiger charge is 2.10. The lowest BCUT2D eigenvalue weighted by atomic mass is 10.3. The van der Waals surface area contributed by atoms with Crippen molar-refractivity contribution in [2.45, 2.75) is 6.04 Å². The topological polar surface area (TPSA) is 68.2 Å². The SMILES string of the molecule is CN(C)CC(N)c1ncon1. The summed E-state index contributed by atoms with van der Waals surface area (Å²) >= 11 is 0. The Labute approximate surface area is 65.2 Å². The lowest BCUT2D eigenvalue weighted by molar-refractivity contribution is 0.355. The minimum Gasteiger partial charge on any atom is -0.343 e. The third-order valence-corrected chi connectivity index (χ3v) is 1.27. The Kier molecular flexibility index (Phi) is 2.56. The van der Waals surface area contributed by atoms with E-state index in [4.69, 9.17) is 5.73 Å². The van der Waals surface area contributed by atoms with Crippen LogP contribution in [-0.4, -0.2) is 35.7 Å². The smallest absolute Gasteiger partial charge is 0.213 e. The average Bonchev–Trinajstić information content (AvgIpc) is 2.35. The maximum absolute atomic E-state index is 5.71. The molecule has 0 aromatic carbocycles. The summed E-state index contributed by atoms with van der Waals surface area (Å²) in [6.45, 7) is 0.722. The van der Waals surface area contributed by atoms with Gasteiger partial charge in [0.1, 0.15) is 0 Å². The van der Waals surface area contributed by atoms with Crippen LogP contribution in [0.1, 0.15) is 11.9 Å². The van der Waals surface area contributed by atoms with Crippen molar-refractivity contribution in [3.8, 4) is 0 Å². The van der Waals surface area contributed by atoms with E-state index in [0.717, 1.165) is 6.54 Å². The van der Waals surface area contributed by atoms with Crippen LogP contribution < -0.4 is 5.73 Å². The van der Waals surface area contributed by atoms with Gasteiger partial charge in [-0.1, -0.05) is 5.16 Å². The normalized spacial score (nSPS) is 13.8. The maximum Gasteiger partial charge on any atom is 0.213 e. The first kappa shape index (κ1) is 8.16. The molecule has 0 bridgehead atoms. The zero-order valence-corrected chi connectivity index (χ0v) is 6.69. The summed E-state index contributed by atoms with van der Waals surface area (Å²) in [5, 5.41) is 3.63. The van der Waals surface area contributed by atoms with E-state index in [1.54, 1.807) is 0 Å². The van der Waals surface area contributed by atoms with Crippen LogP contribution >= 0.6 is 0 Å². The first-order valence-electron chi connectivity index (χ1n) is 3.36. The molecule has 2 N–H and O–H groups in total. The van der Waals surface area contributed by atoms with Crippen molar-refractivity contribution in [3.05, 3.63) is 12.2 Å². The van der Waals surface area contributed by atoms with Crippen LogP contribution in [0.4, 0.5) is 0 Å². The van der Waals surface area contributed by atoms with Gasteiger partial charge in [0.15, 0.2) is 5.82 Å². The van der Waals surface area contributed by atoms with E-state index >= 15 is 0 Å². The van der Waals surface area contributed by atoms with E-state index in [1.807, 2.05) is 19.0 Å². The molecule has 1 aromatic heterocycles. The molecule has 0 aliphatic rings. The Morgan fingerprint density at radius 3 is 2.91 bits per heavy atom. The fraction of sp³-hybridized carbons (Fsp3) is 0.667. The number of likely N-dealkylation sites (N-methyl/N-ethyl adjacent to an activating group) is 1. The van der Waals surface area contributed by atoms with Gasteiger partial charge in [-0.25, -0.2) is 0 Å². The number of rotatable bonds is 3. The molecular weight excluding hydrogens is 144 g/mol. The molecule has 0 amide bonds. The molecule has 0 aliphatic heterocycles. The number of hydrogen-bond acceptors (Lipinski definition) is 5. The largest absolute Gasteiger partial charge is 0.343 e. The highest BCUT2D eigenvalue weighted by Crippen LogP contribution is 2.02. The molecule has 1 rings (SSSR count). The standard InChI is InChI=1S/C6H12N4O/c1-10(2)3-5(7)6-8-4-11-9-6/h4-5H,3,7H2,1-2H3. The molecule has 1 unspecified atom stereocenters. The second kappa shape index (κ2) is 3.45. The van der Waals surface area contributed by atoms with E-state index < -0.39 is 0 Å². The predicted octanol–water partition coefficient (Wildman–Crippen LogP) is -0.369. The monoisotopic (exact) mass is 156 g/mol. The summed E-state index contributed by atoms with van der Waals surface area (Å²) in [5.41, 5.74) is 5.71. The molecule has 1 atom stereocenters. The number of nitrogens with two attached hydrogens (primary N) is 1. The first-order valence-corrected chi connectivity index (χ1v) is 3.36. The van der Waals surface area contributed by atoms with Crippen LogP contribution in [0.3, 0.4) is 0 Å². The fourth-order valence-corrected chi connectivity index (χ4v) is 0.817. The highest BCUT2D eigenvalue weighted by atomic mass is 16.5. The summed E-state index contributed by atoms with van der Waals surface area (Å²) in [6, 6.07) is -0.163. The van der Waals surface area contributed by atoms with Crippen molar-refractivity contribution in [1.82, 2.24) is 15.0 Å². The van der Waals surface area contributed by atoms with Gasteiger partial charge < -0.3 is 15.2 Å². The molecule has 0 saturated carbocycles. The van der Waals surface area contributed by atoms with Crippen LogP contribution in [0.25, 0.3) is 0 Å². The molecule has 0 aliphatic carbocycles. The lowest BCUT2D eigenvalue weighted by Gasteiger charge is -2.12. The Morgan fingerprint density at radius 2 is 2.45 bits per heavy atom. The molecule has 5 heteroatoms. The van der Waals surface area contributed by atoms with Crippen molar-refractivity contribution in [2.24, 2.45) is 5.73 Å². The van der Waals surface area contributed by atoms with Crippen molar-refractivity contribution in [1.29, 1.82) is 0 Å². The molecule has 0 fully saturated rings. The van der Waals surface area contributed by atoms with Crippen molar-refractivity contribution >= 4 is 0 Å². The third kappa shape index (κ3) is 2.28. The van der Waals surface area contributed by atoms with Gasteiger partial charge in [0.25, 0.3) is 0 Å². The van der Waals surface area contributed by atoms with E-state index in [1.165, 1.54) is 6.39 Å². The Morgan fingerprint density at radius 1 is 1.73 bits per heavy atom. The van der Waals surface area contributed by atoms with Crippen molar-refractivity contribution in [2.75, 3.05) is 20.6 Å². The number of hydrogen-bond donors (Lipinski definition) is 1. The van der Waals surface area contributed by atoms with Gasteiger partial charge in [-0.05, 0) is 14.1 Å². The molecule has 1 heterocycles. The van der Waals surface area contributed by atoms with Crippen LogP contribution in [0.15, 0.2) is 10.9 Å². The summed E-state index contributed by atoms with van der Waals surface area (Å²) < 4.78 is 4.56. The van der Waals surface area contributed by atoms with Gasteiger partial charge in [0.2, 0.25) is 6.39 Å². The third-order valence-electron chi connectivity index (χ3n) is 1.27. The van der Waals surface area contributed by atoms with E-state index in [0.29, 0.717) is 5.82 Å². The summed E-state index contributed by atoms with van der Waals surface area (Å²) in [5.74, 6) is 0.554. The van der Waals surface area contributed by atoms with Crippen molar-refractivity contribution < 1.29 is 4.52 Å².